The van der Waals surface area contributed by atoms with Crippen LogP contribution in [0.15, 0.2) is 48.5 Å². The largest absolute Gasteiger partial charge is 0.444 e. The van der Waals surface area contributed by atoms with Crippen molar-refractivity contribution in [2.75, 3.05) is 13.1 Å². The Kier molecular flexibility index (Phi) is 9.19. The molecular formula is C26H32N4O4. The van der Waals surface area contributed by atoms with Crippen molar-refractivity contribution in [3.63, 3.8) is 0 Å². The molecule has 1 atom stereocenters. The highest BCUT2D eigenvalue weighted by Crippen LogP contribution is 2.24. The van der Waals surface area contributed by atoms with Gasteiger partial charge in [0.1, 0.15) is 24.7 Å². The van der Waals surface area contributed by atoms with E-state index in [-0.39, 0.29) is 13.1 Å². The molecule has 180 valence electrons. The molecule has 0 fully saturated rings. The number of aryl methyl sites for hydroxylation is 2. The number of benzene rings is 2. The first-order valence-corrected chi connectivity index (χ1v) is 11.0. The van der Waals surface area contributed by atoms with E-state index >= 15 is 0 Å². The van der Waals surface area contributed by atoms with Gasteiger partial charge in [-0.05, 0) is 56.9 Å². The van der Waals surface area contributed by atoms with Gasteiger partial charge in [0.25, 0.3) is 0 Å². The molecule has 0 saturated carbocycles. The highest BCUT2D eigenvalue weighted by atomic mass is 16.6. The van der Waals surface area contributed by atoms with Gasteiger partial charge in [0, 0.05) is 6.54 Å². The van der Waals surface area contributed by atoms with Gasteiger partial charge in [0.15, 0.2) is 0 Å². The van der Waals surface area contributed by atoms with Crippen molar-refractivity contribution in [1.29, 1.82) is 5.26 Å². The lowest BCUT2D eigenvalue weighted by atomic mass is 9.99. The van der Waals surface area contributed by atoms with Crippen molar-refractivity contribution in [2.45, 2.75) is 52.8 Å². The number of alkyl carbamates (subject to hydrolysis) is 1. The van der Waals surface area contributed by atoms with E-state index in [2.05, 4.69) is 10.6 Å². The van der Waals surface area contributed by atoms with Crippen LogP contribution in [0, 0.1) is 25.2 Å². The van der Waals surface area contributed by atoms with Gasteiger partial charge in [-0.15, -0.1) is 0 Å². The monoisotopic (exact) mass is 464 g/mol. The molecule has 0 aliphatic heterocycles. The molecule has 8 heteroatoms. The number of nitrogens with zero attached hydrogens (tertiary/aromatic N) is 2. The van der Waals surface area contributed by atoms with E-state index in [0.717, 1.165) is 16.7 Å². The quantitative estimate of drug-likeness (QED) is 0.581. The molecule has 3 amide bonds. The summed E-state index contributed by atoms with van der Waals surface area (Å²) in [6.45, 7) is 8.53. The number of carbonyl (C=O) groups excluding carboxylic acids is 3. The van der Waals surface area contributed by atoms with E-state index < -0.39 is 36.1 Å². The Morgan fingerprint density at radius 2 is 1.71 bits per heavy atom. The van der Waals surface area contributed by atoms with Gasteiger partial charge >= 0.3 is 6.09 Å². The Labute approximate surface area is 200 Å². The molecule has 0 heterocycles. The van der Waals surface area contributed by atoms with Crippen molar-refractivity contribution in [3.8, 4) is 6.07 Å². The Morgan fingerprint density at radius 1 is 1.03 bits per heavy atom. The van der Waals surface area contributed by atoms with E-state index in [0.29, 0.717) is 5.56 Å². The summed E-state index contributed by atoms with van der Waals surface area (Å²) >= 11 is 0. The summed E-state index contributed by atoms with van der Waals surface area (Å²) in [5, 5.41) is 14.7. The van der Waals surface area contributed by atoms with Crippen LogP contribution in [0.2, 0.25) is 0 Å². The molecule has 8 nitrogen and oxygen atoms in total. The first-order valence-electron chi connectivity index (χ1n) is 11.0. The number of nitriles is 1. The summed E-state index contributed by atoms with van der Waals surface area (Å²) in [7, 11) is 0. The predicted octanol–water partition coefficient (Wildman–Crippen LogP) is 3.54. The van der Waals surface area contributed by atoms with Crippen molar-refractivity contribution in [3.05, 3.63) is 70.8 Å². The van der Waals surface area contributed by atoms with E-state index in [9.17, 15) is 19.6 Å². The minimum atomic E-state index is -1.05. The Balaban J connectivity index is 2.29. The highest BCUT2D eigenvalue weighted by Gasteiger charge is 2.32. The van der Waals surface area contributed by atoms with Crippen LogP contribution < -0.4 is 10.6 Å². The maximum Gasteiger partial charge on any atom is 0.408 e. The molecule has 2 aromatic carbocycles. The third kappa shape index (κ3) is 7.93. The van der Waals surface area contributed by atoms with Gasteiger partial charge in [-0.25, -0.2) is 4.79 Å². The Hall–Kier alpha value is -3.86. The van der Waals surface area contributed by atoms with E-state index in [1.165, 1.54) is 4.90 Å². The molecule has 0 aliphatic rings. The third-order valence-corrected chi connectivity index (χ3v) is 5.06. The number of carbonyl (C=O) groups is 3. The fraction of sp³-hybridized carbons (Fsp3) is 0.385. The molecular weight excluding hydrogens is 432 g/mol. The zero-order valence-electron chi connectivity index (χ0n) is 20.3. The number of nitrogens with one attached hydrogen (secondary N) is 2. The second-order valence-corrected chi connectivity index (χ2v) is 8.98. The van der Waals surface area contributed by atoms with Gasteiger partial charge in [-0.2, -0.15) is 5.26 Å². The fourth-order valence-electron chi connectivity index (χ4n) is 3.25. The second kappa shape index (κ2) is 11.8. The smallest absolute Gasteiger partial charge is 0.408 e. The number of rotatable bonds is 8. The fourth-order valence-corrected chi connectivity index (χ4v) is 3.25. The molecule has 0 aromatic heterocycles. The molecule has 0 radical (unpaired) electrons. The maximum absolute atomic E-state index is 13.3. The van der Waals surface area contributed by atoms with Crippen LogP contribution >= 0.6 is 0 Å². The first-order chi connectivity index (χ1) is 16.0. The molecule has 0 saturated heterocycles. The number of amides is 3. The normalized spacial score (nSPS) is 11.6. The number of ether oxygens (including phenoxy) is 1. The van der Waals surface area contributed by atoms with Crippen LogP contribution in [0.5, 0.6) is 0 Å². The lowest BCUT2D eigenvalue weighted by Gasteiger charge is -2.30. The Bertz CT molecular complexity index is 1050. The lowest BCUT2D eigenvalue weighted by molar-refractivity contribution is -0.139. The predicted molar refractivity (Wildman–Crippen MR) is 129 cm³/mol. The molecule has 2 N–H and O–H groups in total. The number of hydrogen-bond acceptors (Lipinski definition) is 5. The highest BCUT2D eigenvalue weighted by molar-refractivity contribution is 5.90. The minimum absolute atomic E-state index is 0.270. The second-order valence-electron chi connectivity index (χ2n) is 8.98. The van der Waals surface area contributed by atoms with E-state index in [4.69, 9.17) is 4.74 Å². The number of hydrogen-bond donors (Lipinski definition) is 2. The average molecular weight is 465 g/mol. The Morgan fingerprint density at radius 3 is 2.29 bits per heavy atom. The zero-order chi connectivity index (χ0) is 25.3. The molecule has 0 bridgehead atoms. The zero-order valence-corrected chi connectivity index (χ0v) is 20.3. The molecule has 2 aromatic rings. The first kappa shape index (κ1) is 26.4. The summed E-state index contributed by atoms with van der Waals surface area (Å²) in [6.07, 6.45) is -0.756. The van der Waals surface area contributed by atoms with Crippen LogP contribution in [0.3, 0.4) is 0 Å². The van der Waals surface area contributed by atoms with Gasteiger partial charge in [0.05, 0.1) is 6.07 Å². The van der Waals surface area contributed by atoms with E-state index in [1.54, 1.807) is 26.8 Å². The summed E-state index contributed by atoms with van der Waals surface area (Å²) in [4.78, 5) is 39.6. The van der Waals surface area contributed by atoms with Crippen LogP contribution in [-0.4, -0.2) is 41.5 Å². The standard InChI is InChI=1S/C26H32N4O4/c1-18-11-12-21(15-19(18)2)23(24(32)28-16-20-9-7-6-8-10-20)30(14-13-27)22(31)17-29-25(33)34-26(3,4)5/h6-12,15,23H,14,16-17H2,1-5H3,(H,28,32)(H,29,33). The van der Waals surface area contributed by atoms with Crippen LogP contribution in [0.4, 0.5) is 4.79 Å². The van der Waals surface area contributed by atoms with Crippen molar-refractivity contribution >= 4 is 17.9 Å². The lowest BCUT2D eigenvalue weighted by Crippen LogP contribution is -2.48. The van der Waals surface area contributed by atoms with Crippen molar-refractivity contribution in [2.24, 2.45) is 0 Å². The minimum Gasteiger partial charge on any atom is -0.444 e. The third-order valence-electron chi connectivity index (χ3n) is 5.06. The van der Waals surface area contributed by atoms with Crippen LogP contribution in [-0.2, 0) is 20.9 Å². The summed E-state index contributed by atoms with van der Waals surface area (Å²) < 4.78 is 5.17. The molecule has 0 aliphatic carbocycles. The maximum atomic E-state index is 13.3. The van der Waals surface area contributed by atoms with E-state index in [1.807, 2.05) is 62.4 Å². The summed E-state index contributed by atoms with van der Waals surface area (Å²) in [5.41, 5.74) is 2.75. The van der Waals surface area contributed by atoms with Gasteiger partial charge in [-0.3, -0.25) is 9.59 Å². The van der Waals surface area contributed by atoms with Gasteiger partial charge in [0.2, 0.25) is 11.8 Å². The molecule has 0 spiro atoms. The average Bonchev–Trinajstić information content (AvgIpc) is 2.77. The molecule has 1 unspecified atom stereocenters. The van der Waals surface area contributed by atoms with Crippen molar-refractivity contribution < 1.29 is 19.1 Å². The topological polar surface area (TPSA) is 112 Å². The summed E-state index contributed by atoms with van der Waals surface area (Å²) in [5.74, 6) is -1.00. The van der Waals surface area contributed by atoms with Crippen LogP contribution in [0.1, 0.15) is 49.1 Å². The van der Waals surface area contributed by atoms with Crippen molar-refractivity contribution in [1.82, 2.24) is 15.5 Å². The SMILES string of the molecule is Cc1ccc(C(C(=O)NCc2ccccc2)N(CC#N)C(=O)CNC(=O)OC(C)(C)C)cc1C. The molecule has 34 heavy (non-hydrogen) atoms. The van der Waals surface area contributed by atoms with Gasteiger partial charge in [-0.1, -0.05) is 48.5 Å². The van der Waals surface area contributed by atoms with Crippen LogP contribution in [0.25, 0.3) is 0 Å². The molecule has 2 rings (SSSR count). The van der Waals surface area contributed by atoms with Gasteiger partial charge < -0.3 is 20.3 Å². The summed E-state index contributed by atoms with van der Waals surface area (Å²) in [6, 6.07) is 15.8.